The number of aryl methyl sites for hydroxylation is 1. The number of benzene rings is 1. The van der Waals surface area contributed by atoms with E-state index < -0.39 is 0 Å². The lowest BCUT2D eigenvalue weighted by Gasteiger charge is -2.28. The summed E-state index contributed by atoms with van der Waals surface area (Å²) in [5.41, 5.74) is 8.01. The molecule has 3 nitrogen and oxygen atoms in total. The molecule has 1 rings (SSSR count). The largest absolute Gasteiger partial charge is 0.355 e. The molecule has 0 aliphatic heterocycles. The maximum Gasteiger partial charge on any atom is 0.227 e. The first-order valence-electron chi connectivity index (χ1n) is 7.69. The van der Waals surface area contributed by atoms with Crippen molar-refractivity contribution < 1.29 is 4.79 Å². The van der Waals surface area contributed by atoms with Crippen LogP contribution in [0.3, 0.4) is 0 Å². The lowest BCUT2D eigenvalue weighted by molar-refractivity contribution is -0.130. The van der Waals surface area contributed by atoms with E-state index in [2.05, 4.69) is 36.5 Å². The van der Waals surface area contributed by atoms with E-state index in [9.17, 15) is 4.79 Å². The zero-order valence-electron chi connectivity index (χ0n) is 13.4. The first-order valence-corrected chi connectivity index (χ1v) is 8.85. The lowest BCUT2D eigenvalue weighted by Crippen LogP contribution is -2.45. The van der Waals surface area contributed by atoms with Crippen LogP contribution in [0, 0.1) is 12.3 Å². The van der Waals surface area contributed by atoms with Gasteiger partial charge in [0.05, 0.1) is 5.41 Å². The monoisotopic (exact) mass is 308 g/mol. The molecule has 0 unspecified atom stereocenters. The third-order valence-corrected chi connectivity index (χ3v) is 5.18. The topological polar surface area (TPSA) is 55.1 Å². The zero-order valence-corrected chi connectivity index (χ0v) is 14.3. The van der Waals surface area contributed by atoms with Crippen LogP contribution in [0.15, 0.2) is 24.3 Å². The summed E-state index contributed by atoms with van der Waals surface area (Å²) in [6, 6.07) is 8.59. The Kier molecular flexibility index (Phi) is 7.83. The molecule has 0 bridgehead atoms. The third-order valence-electron chi connectivity index (χ3n) is 4.15. The highest BCUT2D eigenvalue weighted by Gasteiger charge is 2.32. The predicted octanol–water partition coefficient (Wildman–Crippen LogP) is 3.11. The fourth-order valence-electron chi connectivity index (χ4n) is 2.25. The van der Waals surface area contributed by atoms with Crippen LogP contribution in [0.1, 0.15) is 37.8 Å². The molecule has 1 aromatic carbocycles. The second-order valence-electron chi connectivity index (χ2n) is 5.49. The molecule has 0 saturated carbocycles. The van der Waals surface area contributed by atoms with Crippen molar-refractivity contribution in [3.8, 4) is 0 Å². The Balaban J connectivity index is 2.27. The SMILES string of the molecule is CCC(CC)(CN)C(=O)NCCSCc1ccc(C)cc1. The summed E-state index contributed by atoms with van der Waals surface area (Å²) >= 11 is 1.84. The van der Waals surface area contributed by atoms with Crippen LogP contribution in [0.2, 0.25) is 0 Å². The van der Waals surface area contributed by atoms with E-state index in [-0.39, 0.29) is 11.3 Å². The molecule has 0 atom stereocenters. The lowest BCUT2D eigenvalue weighted by atomic mass is 9.81. The van der Waals surface area contributed by atoms with Gasteiger partial charge in [0.25, 0.3) is 0 Å². The molecule has 0 aliphatic rings. The summed E-state index contributed by atoms with van der Waals surface area (Å²) in [5, 5.41) is 3.03. The number of hydrogen-bond donors (Lipinski definition) is 2. The molecule has 3 N–H and O–H groups in total. The van der Waals surface area contributed by atoms with E-state index in [1.165, 1.54) is 11.1 Å². The Morgan fingerprint density at radius 2 is 1.86 bits per heavy atom. The number of rotatable bonds is 9. The van der Waals surface area contributed by atoms with Gasteiger partial charge >= 0.3 is 0 Å². The molecule has 21 heavy (non-hydrogen) atoms. The van der Waals surface area contributed by atoms with Crippen LogP contribution in [-0.2, 0) is 10.5 Å². The average molecular weight is 308 g/mol. The van der Waals surface area contributed by atoms with Gasteiger partial charge in [-0.3, -0.25) is 4.79 Å². The quantitative estimate of drug-likeness (QED) is 0.689. The minimum absolute atomic E-state index is 0.103. The molecule has 0 heterocycles. The fourth-order valence-corrected chi connectivity index (χ4v) is 3.07. The Morgan fingerprint density at radius 1 is 1.24 bits per heavy atom. The van der Waals surface area contributed by atoms with Gasteiger partial charge in [-0.1, -0.05) is 43.7 Å². The van der Waals surface area contributed by atoms with Gasteiger partial charge in [0.2, 0.25) is 5.91 Å². The smallest absolute Gasteiger partial charge is 0.227 e. The minimum atomic E-state index is -0.387. The molecule has 0 spiro atoms. The van der Waals surface area contributed by atoms with Gasteiger partial charge in [-0.2, -0.15) is 11.8 Å². The molecule has 4 heteroatoms. The van der Waals surface area contributed by atoms with E-state index in [0.29, 0.717) is 13.1 Å². The maximum absolute atomic E-state index is 12.2. The fraction of sp³-hybridized carbons (Fsp3) is 0.588. The number of carbonyl (C=O) groups is 1. The number of amides is 1. The summed E-state index contributed by atoms with van der Waals surface area (Å²) in [7, 11) is 0. The van der Waals surface area contributed by atoms with Gasteiger partial charge in [-0.15, -0.1) is 0 Å². The van der Waals surface area contributed by atoms with Crippen molar-refractivity contribution in [1.82, 2.24) is 5.32 Å². The molecular weight excluding hydrogens is 280 g/mol. The second kappa shape index (κ2) is 9.11. The maximum atomic E-state index is 12.2. The van der Waals surface area contributed by atoms with Gasteiger partial charge in [0.1, 0.15) is 0 Å². The zero-order chi connectivity index (χ0) is 15.7. The van der Waals surface area contributed by atoms with Crippen LogP contribution in [0.5, 0.6) is 0 Å². The van der Waals surface area contributed by atoms with Crippen LogP contribution < -0.4 is 11.1 Å². The van der Waals surface area contributed by atoms with E-state index in [1.54, 1.807) is 0 Å². The first kappa shape index (κ1) is 18.1. The molecule has 0 aliphatic carbocycles. The summed E-state index contributed by atoms with van der Waals surface area (Å²) in [4.78, 5) is 12.2. The molecule has 0 radical (unpaired) electrons. The first-order chi connectivity index (χ1) is 10.1. The van der Waals surface area contributed by atoms with Crippen molar-refractivity contribution in [2.45, 2.75) is 39.4 Å². The highest BCUT2D eigenvalue weighted by atomic mass is 32.2. The van der Waals surface area contributed by atoms with Gasteiger partial charge in [0.15, 0.2) is 0 Å². The van der Waals surface area contributed by atoms with Gasteiger partial charge in [-0.05, 0) is 25.3 Å². The van der Waals surface area contributed by atoms with Crippen LogP contribution >= 0.6 is 11.8 Å². The molecule has 1 aromatic rings. The minimum Gasteiger partial charge on any atom is -0.355 e. The normalized spacial score (nSPS) is 11.4. The average Bonchev–Trinajstić information content (AvgIpc) is 2.51. The Hall–Kier alpha value is -1.00. The Labute approximate surface area is 133 Å². The van der Waals surface area contributed by atoms with E-state index in [1.807, 2.05) is 25.6 Å². The molecule has 0 saturated heterocycles. The highest BCUT2D eigenvalue weighted by Crippen LogP contribution is 2.24. The summed E-state index contributed by atoms with van der Waals surface area (Å²) in [5.74, 6) is 2.01. The third kappa shape index (κ3) is 5.36. The highest BCUT2D eigenvalue weighted by molar-refractivity contribution is 7.98. The van der Waals surface area contributed by atoms with Crippen LogP contribution in [0.4, 0.5) is 0 Å². The number of nitrogens with two attached hydrogens (primary N) is 1. The molecule has 0 fully saturated rings. The van der Waals surface area contributed by atoms with Gasteiger partial charge in [0, 0.05) is 24.6 Å². The standard InChI is InChI=1S/C17H28N2OS/c1-4-17(5-2,13-18)16(20)19-10-11-21-12-15-8-6-14(3)7-9-15/h6-9H,4-5,10-13,18H2,1-3H3,(H,19,20). The van der Waals surface area contributed by atoms with Crippen LogP contribution in [0.25, 0.3) is 0 Å². The summed E-state index contributed by atoms with van der Waals surface area (Å²) in [6.07, 6.45) is 1.59. The van der Waals surface area contributed by atoms with Crippen molar-refractivity contribution in [2.24, 2.45) is 11.1 Å². The number of carbonyl (C=O) groups excluding carboxylic acids is 1. The van der Waals surface area contributed by atoms with Gasteiger partial charge < -0.3 is 11.1 Å². The predicted molar refractivity (Wildman–Crippen MR) is 92.4 cm³/mol. The van der Waals surface area contributed by atoms with E-state index in [0.717, 1.165) is 24.3 Å². The van der Waals surface area contributed by atoms with Crippen molar-refractivity contribution in [2.75, 3.05) is 18.8 Å². The summed E-state index contributed by atoms with van der Waals surface area (Å²) < 4.78 is 0. The van der Waals surface area contributed by atoms with Crippen molar-refractivity contribution in [3.05, 3.63) is 35.4 Å². The molecule has 118 valence electrons. The van der Waals surface area contributed by atoms with E-state index >= 15 is 0 Å². The van der Waals surface area contributed by atoms with E-state index in [4.69, 9.17) is 5.73 Å². The van der Waals surface area contributed by atoms with Crippen molar-refractivity contribution in [1.29, 1.82) is 0 Å². The molecule has 0 aromatic heterocycles. The van der Waals surface area contributed by atoms with Gasteiger partial charge in [-0.25, -0.2) is 0 Å². The van der Waals surface area contributed by atoms with Crippen LogP contribution in [-0.4, -0.2) is 24.7 Å². The summed E-state index contributed by atoms with van der Waals surface area (Å²) in [6.45, 7) is 7.28. The number of thioether (sulfide) groups is 1. The number of hydrogen-bond acceptors (Lipinski definition) is 3. The molecular formula is C17H28N2OS. The second-order valence-corrected chi connectivity index (χ2v) is 6.59. The Morgan fingerprint density at radius 3 is 2.38 bits per heavy atom. The van der Waals surface area contributed by atoms with Crippen molar-refractivity contribution in [3.63, 3.8) is 0 Å². The Bertz CT molecular complexity index is 419. The number of nitrogens with one attached hydrogen (secondary N) is 1. The molecule has 1 amide bonds. The van der Waals surface area contributed by atoms with Crippen molar-refractivity contribution >= 4 is 17.7 Å².